The molecule has 0 fully saturated rings. The molecular weight excluding hydrogens is 262 g/mol. The first-order valence-electron chi connectivity index (χ1n) is 7.50. The Kier molecular flexibility index (Phi) is 5.39. The molecule has 4 nitrogen and oxygen atoms in total. The standard InChI is InChI=1S/C17H25N3O/c1-5-18-16(8-7-15-10-11-19-20(15)3)14-6-9-17(21-4)13(2)12-14/h6,9-12,16,18H,5,7-8H2,1-4H3. The van der Waals surface area contributed by atoms with E-state index in [1.807, 2.05) is 17.9 Å². The van der Waals surface area contributed by atoms with Gasteiger partial charge in [-0.1, -0.05) is 19.1 Å². The van der Waals surface area contributed by atoms with E-state index < -0.39 is 0 Å². The van der Waals surface area contributed by atoms with Crippen LogP contribution in [0, 0.1) is 6.92 Å². The highest BCUT2D eigenvalue weighted by Gasteiger charge is 2.13. The number of rotatable bonds is 7. The second-order valence-electron chi connectivity index (χ2n) is 5.32. The van der Waals surface area contributed by atoms with Crippen LogP contribution in [0.1, 0.15) is 36.2 Å². The third-order valence-corrected chi connectivity index (χ3v) is 3.88. The Labute approximate surface area is 127 Å². The van der Waals surface area contributed by atoms with Crippen molar-refractivity contribution in [1.82, 2.24) is 15.1 Å². The minimum Gasteiger partial charge on any atom is -0.496 e. The second kappa shape index (κ2) is 7.27. The van der Waals surface area contributed by atoms with Crippen LogP contribution in [0.5, 0.6) is 5.75 Å². The fourth-order valence-corrected chi connectivity index (χ4v) is 2.69. The van der Waals surface area contributed by atoms with Crippen molar-refractivity contribution in [3.05, 3.63) is 47.3 Å². The Balaban J connectivity index is 2.11. The van der Waals surface area contributed by atoms with Gasteiger partial charge in [0, 0.05) is 25.0 Å². The number of hydrogen-bond acceptors (Lipinski definition) is 3. The predicted molar refractivity (Wildman–Crippen MR) is 85.7 cm³/mol. The van der Waals surface area contributed by atoms with Gasteiger partial charge in [0.05, 0.1) is 7.11 Å². The normalized spacial score (nSPS) is 12.4. The Bertz CT molecular complexity index is 577. The number of aromatic nitrogens is 2. The van der Waals surface area contributed by atoms with E-state index in [9.17, 15) is 0 Å². The summed E-state index contributed by atoms with van der Waals surface area (Å²) in [6.45, 7) is 5.20. The van der Waals surface area contributed by atoms with Crippen LogP contribution in [0.2, 0.25) is 0 Å². The lowest BCUT2D eigenvalue weighted by Crippen LogP contribution is -2.22. The average Bonchev–Trinajstić information content (AvgIpc) is 2.89. The van der Waals surface area contributed by atoms with E-state index in [1.165, 1.54) is 16.8 Å². The van der Waals surface area contributed by atoms with E-state index in [4.69, 9.17) is 4.74 Å². The van der Waals surface area contributed by atoms with Crippen molar-refractivity contribution in [1.29, 1.82) is 0 Å². The van der Waals surface area contributed by atoms with E-state index in [2.05, 4.69) is 48.5 Å². The second-order valence-corrected chi connectivity index (χ2v) is 5.32. The number of nitrogens with zero attached hydrogens (tertiary/aromatic N) is 2. The Morgan fingerprint density at radius 2 is 2.14 bits per heavy atom. The van der Waals surface area contributed by atoms with Crippen LogP contribution in [-0.2, 0) is 13.5 Å². The lowest BCUT2D eigenvalue weighted by atomic mass is 9.99. The summed E-state index contributed by atoms with van der Waals surface area (Å²) in [6.07, 6.45) is 3.92. The highest BCUT2D eigenvalue weighted by Crippen LogP contribution is 2.25. The van der Waals surface area contributed by atoms with Gasteiger partial charge in [0.25, 0.3) is 0 Å². The first-order chi connectivity index (χ1) is 10.2. The number of methoxy groups -OCH3 is 1. The molecule has 0 amide bonds. The van der Waals surface area contributed by atoms with Crippen molar-refractivity contribution in [2.45, 2.75) is 32.7 Å². The molecule has 4 heteroatoms. The fraction of sp³-hybridized carbons (Fsp3) is 0.471. The third kappa shape index (κ3) is 3.85. The van der Waals surface area contributed by atoms with Crippen molar-refractivity contribution < 1.29 is 4.74 Å². The molecule has 0 aliphatic carbocycles. The van der Waals surface area contributed by atoms with Crippen molar-refractivity contribution in [2.75, 3.05) is 13.7 Å². The summed E-state index contributed by atoms with van der Waals surface area (Å²) in [5.41, 5.74) is 3.76. The summed E-state index contributed by atoms with van der Waals surface area (Å²) >= 11 is 0. The van der Waals surface area contributed by atoms with Crippen LogP contribution in [0.4, 0.5) is 0 Å². The van der Waals surface area contributed by atoms with E-state index in [0.717, 1.165) is 25.1 Å². The Morgan fingerprint density at radius 3 is 2.71 bits per heavy atom. The van der Waals surface area contributed by atoms with Gasteiger partial charge >= 0.3 is 0 Å². The summed E-state index contributed by atoms with van der Waals surface area (Å²) < 4.78 is 7.29. The number of ether oxygens (including phenoxy) is 1. The van der Waals surface area contributed by atoms with Crippen LogP contribution < -0.4 is 10.1 Å². The molecule has 0 bridgehead atoms. The van der Waals surface area contributed by atoms with Gasteiger partial charge in [-0.15, -0.1) is 0 Å². The first-order valence-corrected chi connectivity index (χ1v) is 7.50. The molecule has 0 aliphatic rings. The molecule has 0 aliphatic heterocycles. The zero-order chi connectivity index (χ0) is 15.2. The predicted octanol–water partition coefficient (Wildman–Crippen LogP) is 3.02. The average molecular weight is 287 g/mol. The highest BCUT2D eigenvalue weighted by atomic mass is 16.5. The maximum Gasteiger partial charge on any atom is 0.121 e. The minimum absolute atomic E-state index is 0.356. The largest absolute Gasteiger partial charge is 0.496 e. The molecule has 1 unspecified atom stereocenters. The molecule has 1 aromatic heterocycles. The van der Waals surface area contributed by atoms with Gasteiger partial charge in [-0.25, -0.2) is 0 Å². The van der Waals surface area contributed by atoms with E-state index in [-0.39, 0.29) is 0 Å². The molecule has 1 heterocycles. The molecule has 21 heavy (non-hydrogen) atoms. The van der Waals surface area contributed by atoms with Gasteiger partial charge in [-0.2, -0.15) is 5.10 Å². The van der Waals surface area contributed by atoms with Crippen molar-refractivity contribution in [3.8, 4) is 5.75 Å². The van der Waals surface area contributed by atoms with E-state index in [0.29, 0.717) is 6.04 Å². The molecule has 1 atom stereocenters. The molecule has 0 radical (unpaired) electrons. The first kappa shape index (κ1) is 15.6. The molecule has 0 spiro atoms. The van der Waals surface area contributed by atoms with Crippen LogP contribution in [0.25, 0.3) is 0 Å². The van der Waals surface area contributed by atoms with E-state index in [1.54, 1.807) is 7.11 Å². The van der Waals surface area contributed by atoms with Crippen LogP contribution >= 0.6 is 0 Å². The lowest BCUT2D eigenvalue weighted by molar-refractivity contribution is 0.411. The zero-order valence-corrected chi connectivity index (χ0v) is 13.4. The van der Waals surface area contributed by atoms with E-state index >= 15 is 0 Å². The van der Waals surface area contributed by atoms with Gasteiger partial charge in [0.2, 0.25) is 0 Å². The van der Waals surface area contributed by atoms with Gasteiger partial charge in [-0.3, -0.25) is 4.68 Å². The molecule has 2 rings (SSSR count). The van der Waals surface area contributed by atoms with Crippen LogP contribution in [0.15, 0.2) is 30.5 Å². The monoisotopic (exact) mass is 287 g/mol. The molecular formula is C17H25N3O. The summed E-state index contributed by atoms with van der Waals surface area (Å²) in [4.78, 5) is 0. The number of aryl methyl sites for hydroxylation is 3. The van der Waals surface area contributed by atoms with Gasteiger partial charge in [-0.05, 0) is 49.6 Å². The zero-order valence-electron chi connectivity index (χ0n) is 13.4. The number of hydrogen-bond donors (Lipinski definition) is 1. The molecule has 0 saturated heterocycles. The van der Waals surface area contributed by atoms with Gasteiger partial charge in [0.1, 0.15) is 5.75 Å². The Hall–Kier alpha value is -1.81. The summed E-state index contributed by atoms with van der Waals surface area (Å²) in [5.74, 6) is 0.945. The summed E-state index contributed by atoms with van der Waals surface area (Å²) in [6, 6.07) is 8.87. The summed E-state index contributed by atoms with van der Waals surface area (Å²) in [5, 5.41) is 7.80. The summed E-state index contributed by atoms with van der Waals surface area (Å²) in [7, 11) is 3.71. The molecule has 114 valence electrons. The SMILES string of the molecule is CCNC(CCc1ccnn1C)c1ccc(OC)c(C)c1. The van der Waals surface area contributed by atoms with Gasteiger partial charge in [0.15, 0.2) is 0 Å². The number of benzene rings is 1. The van der Waals surface area contributed by atoms with Crippen LogP contribution in [0.3, 0.4) is 0 Å². The topological polar surface area (TPSA) is 39.1 Å². The van der Waals surface area contributed by atoms with Crippen molar-refractivity contribution in [3.63, 3.8) is 0 Å². The Morgan fingerprint density at radius 1 is 1.33 bits per heavy atom. The highest BCUT2D eigenvalue weighted by molar-refractivity contribution is 5.37. The molecule has 1 aromatic carbocycles. The molecule has 1 N–H and O–H groups in total. The lowest BCUT2D eigenvalue weighted by Gasteiger charge is -2.19. The molecule has 0 saturated carbocycles. The number of nitrogens with one attached hydrogen (secondary N) is 1. The smallest absolute Gasteiger partial charge is 0.121 e. The van der Waals surface area contributed by atoms with Crippen molar-refractivity contribution >= 4 is 0 Å². The maximum absolute atomic E-state index is 5.34. The third-order valence-electron chi connectivity index (χ3n) is 3.88. The maximum atomic E-state index is 5.34. The quantitative estimate of drug-likeness (QED) is 0.851. The van der Waals surface area contributed by atoms with Crippen molar-refractivity contribution in [2.24, 2.45) is 7.05 Å². The van der Waals surface area contributed by atoms with Gasteiger partial charge < -0.3 is 10.1 Å². The fourth-order valence-electron chi connectivity index (χ4n) is 2.69. The minimum atomic E-state index is 0.356. The molecule has 2 aromatic rings. The van der Waals surface area contributed by atoms with Crippen LogP contribution in [-0.4, -0.2) is 23.4 Å².